The van der Waals surface area contributed by atoms with Crippen LogP contribution in [0.5, 0.6) is 0 Å². The summed E-state index contributed by atoms with van der Waals surface area (Å²) < 4.78 is 0. The fourth-order valence-corrected chi connectivity index (χ4v) is 5.91. The molecular weight excluding hydrogens is 278 g/mol. The molecule has 0 spiro atoms. The molecule has 1 aliphatic carbocycles. The molecule has 1 N–H and O–H groups in total. The van der Waals surface area contributed by atoms with E-state index >= 15 is 0 Å². The minimum Gasteiger partial charge on any atom is -0.294 e. The maximum atomic E-state index is 4.07. The van der Waals surface area contributed by atoms with Gasteiger partial charge in [-0.15, -0.1) is 0 Å². The van der Waals surface area contributed by atoms with Crippen LogP contribution in [0.1, 0.15) is 62.3 Å². The fraction of sp³-hybridized carbons (Fsp3) is 0.455. The van der Waals surface area contributed by atoms with Crippen molar-refractivity contribution in [1.29, 1.82) is 0 Å². The molecule has 2 heterocycles. The van der Waals surface area contributed by atoms with Crippen LogP contribution in [0.3, 0.4) is 0 Å². The van der Waals surface area contributed by atoms with Crippen LogP contribution < -0.4 is 5.32 Å². The van der Waals surface area contributed by atoms with Crippen LogP contribution in [0.4, 0.5) is 0 Å². The summed E-state index contributed by atoms with van der Waals surface area (Å²) in [7, 11) is 0. The lowest BCUT2D eigenvalue weighted by Crippen LogP contribution is -2.47. The number of hydrogen-bond donors (Lipinski definition) is 1. The van der Waals surface area contributed by atoms with Crippen molar-refractivity contribution in [3.05, 3.63) is 70.8 Å². The molecule has 2 aromatic rings. The zero-order chi connectivity index (χ0) is 15.9. The first-order chi connectivity index (χ1) is 11.0. The Bertz CT molecular complexity index is 809. The molecule has 118 valence electrons. The molecule has 2 bridgehead atoms. The van der Waals surface area contributed by atoms with Gasteiger partial charge in [-0.05, 0) is 66.7 Å². The van der Waals surface area contributed by atoms with E-state index in [1.54, 1.807) is 5.56 Å². The summed E-state index contributed by atoms with van der Waals surface area (Å²) >= 11 is 0. The maximum Gasteiger partial charge on any atom is 0.0674 e. The van der Waals surface area contributed by atoms with Gasteiger partial charge in [-0.1, -0.05) is 55.5 Å². The van der Waals surface area contributed by atoms with Crippen molar-refractivity contribution in [1.82, 2.24) is 5.32 Å². The van der Waals surface area contributed by atoms with Gasteiger partial charge in [0.15, 0.2) is 0 Å². The van der Waals surface area contributed by atoms with E-state index in [1.807, 2.05) is 0 Å². The molecule has 3 aliphatic rings. The molecule has 0 amide bonds. The smallest absolute Gasteiger partial charge is 0.0674 e. The van der Waals surface area contributed by atoms with E-state index in [1.165, 1.54) is 36.0 Å². The van der Waals surface area contributed by atoms with Crippen molar-refractivity contribution in [2.24, 2.45) is 5.92 Å². The van der Waals surface area contributed by atoms with Gasteiger partial charge in [-0.3, -0.25) is 5.32 Å². The maximum absolute atomic E-state index is 4.07. The molecule has 0 aromatic heterocycles. The zero-order valence-corrected chi connectivity index (χ0v) is 14.3. The second-order valence-electron chi connectivity index (χ2n) is 8.29. The third-order valence-corrected chi connectivity index (χ3v) is 7.11. The van der Waals surface area contributed by atoms with Crippen LogP contribution in [-0.2, 0) is 16.5 Å². The van der Waals surface area contributed by atoms with Crippen LogP contribution in [0.25, 0.3) is 0 Å². The molecule has 1 heteroatoms. The van der Waals surface area contributed by atoms with Crippen molar-refractivity contribution in [3.63, 3.8) is 0 Å². The molecule has 1 nitrogen and oxygen atoms in total. The first-order valence-electron chi connectivity index (χ1n) is 9.03. The Morgan fingerprint density at radius 3 is 2.09 bits per heavy atom. The van der Waals surface area contributed by atoms with E-state index in [0.717, 1.165) is 5.92 Å². The molecular formula is C22H25N. The van der Waals surface area contributed by atoms with Crippen molar-refractivity contribution < 1.29 is 0 Å². The lowest BCUT2D eigenvalue weighted by molar-refractivity contribution is 0.263. The highest BCUT2D eigenvalue weighted by molar-refractivity contribution is 5.56. The lowest BCUT2D eigenvalue weighted by Gasteiger charge is -2.38. The van der Waals surface area contributed by atoms with Crippen LogP contribution in [0, 0.1) is 5.92 Å². The lowest BCUT2D eigenvalue weighted by atomic mass is 9.76. The van der Waals surface area contributed by atoms with Gasteiger partial charge >= 0.3 is 0 Å². The average molecular weight is 303 g/mol. The zero-order valence-electron chi connectivity index (χ0n) is 14.3. The predicted molar refractivity (Wildman–Crippen MR) is 94.5 cm³/mol. The third-order valence-electron chi connectivity index (χ3n) is 7.11. The van der Waals surface area contributed by atoms with Gasteiger partial charge in [0.25, 0.3) is 0 Å². The van der Waals surface area contributed by atoms with Gasteiger partial charge in [0.1, 0.15) is 0 Å². The molecule has 5 rings (SSSR count). The Balaban J connectivity index is 1.85. The van der Waals surface area contributed by atoms with Crippen molar-refractivity contribution in [2.45, 2.75) is 56.5 Å². The first kappa shape index (κ1) is 13.8. The standard InChI is InChI=1S/C22H25N/c1-4-22-14-15(22)13-20(2)16-9-5-6-10-17(16)21(3,23-20)18-11-7-8-12-19(18)22/h5-12,15,23H,4,13-14H2,1-3H3/t15-,20-,21-,22+/m1/s1. The number of nitrogens with one attached hydrogen (secondary N) is 1. The first-order valence-corrected chi connectivity index (χ1v) is 9.03. The number of benzene rings is 2. The highest BCUT2D eigenvalue weighted by atomic mass is 15.1. The molecule has 1 fully saturated rings. The van der Waals surface area contributed by atoms with Gasteiger partial charge in [0.2, 0.25) is 0 Å². The summed E-state index contributed by atoms with van der Waals surface area (Å²) in [6.45, 7) is 7.19. The largest absolute Gasteiger partial charge is 0.294 e. The SMILES string of the molecule is CC[C@]12C[C@H]1C[C@@]1(C)N[C@@](C)(c3ccccc32)c2ccccc21. The Morgan fingerprint density at radius 1 is 0.870 bits per heavy atom. The van der Waals surface area contributed by atoms with Gasteiger partial charge in [0.05, 0.1) is 5.54 Å². The molecule has 4 atom stereocenters. The third kappa shape index (κ3) is 1.52. The van der Waals surface area contributed by atoms with E-state index in [2.05, 4.69) is 74.6 Å². The summed E-state index contributed by atoms with van der Waals surface area (Å²) in [6.07, 6.45) is 3.87. The van der Waals surface area contributed by atoms with E-state index in [-0.39, 0.29) is 11.1 Å². The van der Waals surface area contributed by atoms with Gasteiger partial charge in [-0.2, -0.15) is 0 Å². The van der Waals surface area contributed by atoms with E-state index in [0.29, 0.717) is 5.41 Å². The van der Waals surface area contributed by atoms with Crippen LogP contribution in [0.15, 0.2) is 48.5 Å². The van der Waals surface area contributed by atoms with Gasteiger partial charge in [0, 0.05) is 5.54 Å². The van der Waals surface area contributed by atoms with E-state index in [4.69, 9.17) is 0 Å². The van der Waals surface area contributed by atoms with Gasteiger partial charge < -0.3 is 0 Å². The summed E-state index contributed by atoms with van der Waals surface area (Å²) in [5.41, 5.74) is 6.53. The Morgan fingerprint density at radius 2 is 1.43 bits per heavy atom. The molecule has 2 aliphatic heterocycles. The molecule has 0 radical (unpaired) electrons. The molecule has 0 unspecified atom stereocenters. The van der Waals surface area contributed by atoms with E-state index < -0.39 is 0 Å². The normalized spacial score (nSPS) is 39.7. The Hall–Kier alpha value is -1.60. The van der Waals surface area contributed by atoms with E-state index in [9.17, 15) is 0 Å². The topological polar surface area (TPSA) is 12.0 Å². The molecule has 23 heavy (non-hydrogen) atoms. The minimum atomic E-state index is -0.0718. The van der Waals surface area contributed by atoms with Crippen molar-refractivity contribution in [3.8, 4) is 0 Å². The van der Waals surface area contributed by atoms with Crippen molar-refractivity contribution >= 4 is 0 Å². The highest BCUT2D eigenvalue weighted by Crippen LogP contribution is 2.65. The highest BCUT2D eigenvalue weighted by Gasteiger charge is 2.62. The fourth-order valence-electron chi connectivity index (χ4n) is 5.91. The second-order valence-corrected chi connectivity index (χ2v) is 8.29. The minimum absolute atomic E-state index is 0.0718. The monoisotopic (exact) mass is 303 g/mol. The Labute approximate surface area is 139 Å². The van der Waals surface area contributed by atoms with Crippen LogP contribution >= 0.6 is 0 Å². The summed E-state index contributed by atoms with van der Waals surface area (Å²) in [6, 6.07) is 18.3. The summed E-state index contributed by atoms with van der Waals surface area (Å²) in [5.74, 6) is 0.807. The molecule has 0 saturated heterocycles. The van der Waals surface area contributed by atoms with Crippen LogP contribution in [-0.4, -0.2) is 0 Å². The molecule has 1 saturated carbocycles. The van der Waals surface area contributed by atoms with Crippen LogP contribution in [0.2, 0.25) is 0 Å². The molecule has 2 aromatic carbocycles. The number of rotatable bonds is 1. The van der Waals surface area contributed by atoms with Gasteiger partial charge in [-0.25, -0.2) is 0 Å². The summed E-state index contributed by atoms with van der Waals surface area (Å²) in [4.78, 5) is 0. The predicted octanol–water partition coefficient (Wildman–Crippen LogP) is 4.84. The second kappa shape index (κ2) is 4.08. The Kier molecular flexibility index (Phi) is 2.45. The van der Waals surface area contributed by atoms with Crippen molar-refractivity contribution in [2.75, 3.05) is 0 Å². The average Bonchev–Trinajstić information content (AvgIpc) is 3.20. The number of hydrogen-bond acceptors (Lipinski definition) is 1. The quantitative estimate of drug-likeness (QED) is 0.795. The number of fused-ring (bicyclic) bond motifs is 9. The summed E-state index contributed by atoms with van der Waals surface area (Å²) in [5, 5.41) is 4.07.